The SMILES string of the molecule is CCOC(=S)SC(Cc1ccccc1)N1C(=O)c2ccccc2C1=O. The Kier molecular flexibility index (Phi) is 5.50. The standard InChI is InChI=1S/C19H17NO3S2/c1-2-23-19(24)25-16(12-13-8-4-3-5-9-13)20-17(21)14-10-6-7-11-15(14)18(20)22/h3-11,16H,2,12H2,1H3. The fourth-order valence-corrected chi connectivity index (χ4v) is 4.17. The molecule has 1 unspecified atom stereocenters. The number of fused-ring (bicyclic) bond motifs is 1. The van der Waals surface area contributed by atoms with Crippen LogP contribution in [0, 0.1) is 0 Å². The van der Waals surface area contributed by atoms with Gasteiger partial charge in [-0.3, -0.25) is 14.5 Å². The zero-order valence-corrected chi connectivity index (χ0v) is 15.3. The van der Waals surface area contributed by atoms with Gasteiger partial charge in [0.05, 0.1) is 23.1 Å². The highest BCUT2D eigenvalue weighted by Gasteiger charge is 2.40. The van der Waals surface area contributed by atoms with Crippen LogP contribution in [0.4, 0.5) is 0 Å². The summed E-state index contributed by atoms with van der Waals surface area (Å²) in [6.07, 6.45) is 0.504. The van der Waals surface area contributed by atoms with Crippen LogP contribution < -0.4 is 0 Å². The Morgan fingerprint density at radius 2 is 1.60 bits per heavy atom. The van der Waals surface area contributed by atoms with Crippen LogP contribution in [0.2, 0.25) is 0 Å². The zero-order chi connectivity index (χ0) is 17.8. The summed E-state index contributed by atoms with van der Waals surface area (Å²) < 4.78 is 5.70. The third-order valence-corrected chi connectivity index (χ3v) is 5.23. The predicted molar refractivity (Wildman–Crippen MR) is 103 cm³/mol. The van der Waals surface area contributed by atoms with Crippen molar-refractivity contribution in [1.29, 1.82) is 0 Å². The second kappa shape index (κ2) is 7.80. The fourth-order valence-electron chi connectivity index (χ4n) is 2.73. The molecular formula is C19H17NO3S2. The minimum absolute atomic E-state index is 0.284. The summed E-state index contributed by atoms with van der Waals surface area (Å²) in [5.41, 5.74) is 1.90. The molecule has 2 aromatic rings. The van der Waals surface area contributed by atoms with E-state index < -0.39 is 5.37 Å². The van der Waals surface area contributed by atoms with Gasteiger partial charge < -0.3 is 4.74 Å². The smallest absolute Gasteiger partial charge is 0.262 e. The Morgan fingerprint density at radius 1 is 1.04 bits per heavy atom. The molecule has 1 aliphatic heterocycles. The first-order valence-corrected chi connectivity index (χ1v) is 9.25. The third-order valence-electron chi connectivity index (χ3n) is 3.86. The molecule has 0 aliphatic carbocycles. The minimum Gasteiger partial charge on any atom is -0.479 e. The molecule has 1 atom stereocenters. The number of carbonyl (C=O) groups excluding carboxylic acids is 2. The highest BCUT2D eigenvalue weighted by atomic mass is 32.2. The first kappa shape index (κ1) is 17.6. The van der Waals surface area contributed by atoms with Crippen molar-refractivity contribution in [3.05, 3.63) is 71.3 Å². The highest BCUT2D eigenvalue weighted by molar-refractivity contribution is 8.23. The summed E-state index contributed by atoms with van der Waals surface area (Å²) in [4.78, 5) is 26.9. The van der Waals surface area contributed by atoms with Gasteiger partial charge in [0.25, 0.3) is 11.8 Å². The summed E-state index contributed by atoms with van der Waals surface area (Å²) in [6, 6.07) is 16.6. The normalized spacial score (nSPS) is 14.4. The van der Waals surface area contributed by atoms with Crippen molar-refractivity contribution in [3.63, 3.8) is 0 Å². The average molecular weight is 371 g/mol. The van der Waals surface area contributed by atoms with Crippen molar-refractivity contribution in [2.45, 2.75) is 18.7 Å². The van der Waals surface area contributed by atoms with E-state index in [1.807, 2.05) is 37.3 Å². The van der Waals surface area contributed by atoms with E-state index >= 15 is 0 Å². The molecule has 4 nitrogen and oxygen atoms in total. The Labute approximate surface area is 156 Å². The van der Waals surface area contributed by atoms with Gasteiger partial charge >= 0.3 is 0 Å². The molecule has 0 aromatic heterocycles. The lowest BCUT2D eigenvalue weighted by Gasteiger charge is -2.25. The van der Waals surface area contributed by atoms with E-state index in [2.05, 4.69) is 0 Å². The maximum absolute atomic E-state index is 12.8. The predicted octanol–water partition coefficient (Wildman–Crippen LogP) is 3.91. The molecule has 0 fully saturated rings. The van der Waals surface area contributed by atoms with Gasteiger partial charge in [0.2, 0.25) is 4.38 Å². The summed E-state index contributed by atoms with van der Waals surface area (Å²) in [6.45, 7) is 2.30. The maximum Gasteiger partial charge on any atom is 0.262 e. The van der Waals surface area contributed by atoms with Crippen molar-refractivity contribution in [1.82, 2.24) is 4.90 Å². The van der Waals surface area contributed by atoms with E-state index in [1.165, 1.54) is 16.7 Å². The van der Waals surface area contributed by atoms with Crippen molar-refractivity contribution in [3.8, 4) is 0 Å². The Balaban J connectivity index is 1.90. The Hall–Kier alpha value is -2.18. The maximum atomic E-state index is 12.8. The second-order valence-corrected chi connectivity index (χ2v) is 7.25. The van der Waals surface area contributed by atoms with Gasteiger partial charge in [-0.1, -0.05) is 54.2 Å². The van der Waals surface area contributed by atoms with Crippen LogP contribution in [0.3, 0.4) is 0 Å². The van der Waals surface area contributed by atoms with Crippen LogP contribution in [0.25, 0.3) is 0 Å². The average Bonchev–Trinajstić information content (AvgIpc) is 2.87. The number of carbonyl (C=O) groups is 2. The molecule has 0 radical (unpaired) electrons. The molecule has 0 spiro atoms. The Bertz CT molecular complexity index is 772. The van der Waals surface area contributed by atoms with E-state index in [0.717, 1.165) is 5.56 Å². The minimum atomic E-state index is -0.450. The van der Waals surface area contributed by atoms with Crippen LogP contribution >= 0.6 is 24.0 Å². The van der Waals surface area contributed by atoms with Crippen molar-refractivity contribution >= 4 is 40.2 Å². The highest BCUT2D eigenvalue weighted by Crippen LogP contribution is 2.31. The van der Waals surface area contributed by atoms with E-state index in [-0.39, 0.29) is 11.8 Å². The summed E-state index contributed by atoms with van der Waals surface area (Å²) in [5.74, 6) is -0.568. The number of hydrogen-bond acceptors (Lipinski definition) is 5. The molecule has 0 N–H and O–H groups in total. The van der Waals surface area contributed by atoms with E-state index in [4.69, 9.17) is 17.0 Å². The van der Waals surface area contributed by atoms with Gasteiger partial charge in [-0.15, -0.1) is 0 Å². The second-order valence-electron chi connectivity index (χ2n) is 5.47. The fraction of sp³-hybridized carbons (Fsp3) is 0.211. The van der Waals surface area contributed by atoms with Crippen LogP contribution in [0.5, 0.6) is 0 Å². The monoisotopic (exact) mass is 371 g/mol. The first-order chi connectivity index (χ1) is 12.1. The van der Waals surface area contributed by atoms with Crippen LogP contribution in [0.15, 0.2) is 54.6 Å². The molecule has 0 saturated heterocycles. The summed E-state index contributed by atoms with van der Waals surface area (Å²) >= 11 is 6.47. The molecular weight excluding hydrogens is 354 g/mol. The number of imide groups is 1. The molecule has 2 amide bonds. The number of thioether (sulfide) groups is 1. The molecule has 128 valence electrons. The molecule has 25 heavy (non-hydrogen) atoms. The van der Waals surface area contributed by atoms with Gasteiger partial charge in [-0.25, -0.2) is 0 Å². The lowest BCUT2D eigenvalue weighted by molar-refractivity contribution is 0.0638. The largest absolute Gasteiger partial charge is 0.479 e. The van der Waals surface area contributed by atoms with Crippen LogP contribution in [-0.2, 0) is 11.2 Å². The number of thiocarbonyl (C=S) groups is 1. The number of amides is 2. The van der Waals surface area contributed by atoms with Crippen molar-refractivity contribution in [2.24, 2.45) is 0 Å². The number of ether oxygens (including phenoxy) is 1. The summed E-state index contributed by atoms with van der Waals surface area (Å²) in [5, 5.41) is -0.450. The number of hydrogen-bond donors (Lipinski definition) is 0. The molecule has 1 heterocycles. The van der Waals surface area contributed by atoms with Gasteiger partial charge in [-0.2, -0.15) is 0 Å². The quantitative estimate of drug-likeness (QED) is 0.589. The van der Waals surface area contributed by atoms with Gasteiger partial charge in [0.15, 0.2) is 0 Å². The van der Waals surface area contributed by atoms with Crippen molar-refractivity contribution < 1.29 is 14.3 Å². The van der Waals surface area contributed by atoms with Gasteiger partial charge in [0, 0.05) is 6.42 Å². The van der Waals surface area contributed by atoms with Crippen LogP contribution in [-0.4, -0.2) is 33.1 Å². The molecule has 0 saturated carbocycles. The molecule has 6 heteroatoms. The molecule has 1 aliphatic rings. The van der Waals surface area contributed by atoms with Crippen molar-refractivity contribution in [2.75, 3.05) is 6.61 Å². The lowest BCUT2D eigenvalue weighted by atomic mass is 10.1. The third kappa shape index (κ3) is 3.75. The topological polar surface area (TPSA) is 46.6 Å². The number of benzene rings is 2. The summed E-state index contributed by atoms with van der Waals surface area (Å²) in [7, 11) is 0. The van der Waals surface area contributed by atoms with Crippen LogP contribution in [0.1, 0.15) is 33.2 Å². The molecule has 0 bridgehead atoms. The number of nitrogens with zero attached hydrogens (tertiary/aromatic N) is 1. The Morgan fingerprint density at radius 3 is 2.16 bits per heavy atom. The van der Waals surface area contributed by atoms with E-state index in [9.17, 15) is 9.59 Å². The van der Waals surface area contributed by atoms with Gasteiger partial charge in [-0.05, 0) is 36.8 Å². The van der Waals surface area contributed by atoms with E-state index in [1.54, 1.807) is 24.3 Å². The van der Waals surface area contributed by atoms with Gasteiger partial charge in [0.1, 0.15) is 0 Å². The molecule has 3 rings (SSSR count). The first-order valence-electron chi connectivity index (χ1n) is 7.96. The van der Waals surface area contributed by atoms with E-state index in [0.29, 0.717) is 28.5 Å². The zero-order valence-electron chi connectivity index (χ0n) is 13.7. The lowest BCUT2D eigenvalue weighted by Crippen LogP contribution is -2.40. The number of rotatable bonds is 5. The molecule has 2 aromatic carbocycles.